The first-order valence-electron chi connectivity index (χ1n) is 40.8. The van der Waals surface area contributed by atoms with E-state index in [0.29, 0.717) is 0 Å². The Bertz CT molecular complexity index is 1870. The van der Waals surface area contributed by atoms with Crippen molar-refractivity contribution in [2.45, 2.75) is 445 Å². The topological polar surface area (TPSA) is 24.7 Å². The first-order valence-corrected chi connectivity index (χ1v) is 40.8. The third kappa shape index (κ3) is 56.3. The standard InChI is InChI=1S/C87H154N2.Pd/c1-5-9-13-16-19-22-25-28-30-32-34-36-38-40-42-44-46-48-50-53-55-58-61-64-67-74-82-76-70-72-79-84(82)88-86(78-12-8-4)87(81-69-66-63-60-57-52-27-24-21-18-15-11-7-3)89-85-80-73-71-77-83(85)75-68-65-62-59-56-54-51-49-47-45-43-41-39-37-35-33-31-29-26-23-20-17-14-10-6-2;/h61-62,64-65,70-73,76-77,79-80H,5-60,63,66-69,74-75,78,81H2,1-4H3;. The molecule has 2 rings (SSSR count). The molecule has 0 saturated carbocycles. The Morgan fingerprint density at radius 3 is 0.689 bits per heavy atom. The van der Waals surface area contributed by atoms with E-state index >= 15 is 0 Å². The minimum Gasteiger partial charge on any atom is -0.251 e. The molecule has 0 bridgehead atoms. The van der Waals surface area contributed by atoms with Gasteiger partial charge in [-0.2, -0.15) is 0 Å². The molecule has 0 fully saturated rings. The molecule has 0 aliphatic carbocycles. The molecule has 0 heterocycles. The maximum Gasteiger partial charge on any atom is 0.0665 e. The molecule has 90 heavy (non-hydrogen) atoms. The summed E-state index contributed by atoms with van der Waals surface area (Å²) in [7, 11) is 0. The van der Waals surface area contributed by atoms with Crippen LogP contribution in [0.4, 0.5) is 11.4 Å². The van der Waals surface area contributed by atoms with Crippen molar-refractivity contribution in [2.75, 3.05) is 0 Å². The van der Waals surface area contributed by atoms with Crippen LogP contribution in [0.25, 0.3) is 0 Å². The fraction of sp³-hybridized carbons (Fsp3) is 0.793. The zero-order chi connectivity index (χ0) is 63.3. The fourth-order valence-corrected chi connectivity index (χ4v) is 13.5. The van der Waals surface area contributed by atoms with E-state index in [1.165, 1.54) is 395 Å². The molecule has 0 spiro atoms. The Labute approximate surface area is 578 Å². The zero-order valence-corrected chi connectivity index (χ0v) is 62.7. The van der Waals surface area contributed by atoms with Gasteiger partial charge in [0.1, 0.15) is 0 Å². The van der Waals surface area contributed by atoms with Crippen LogP contribution in [0, 0.1) is 0 Å². The van der Waals surface area contributed by atoms with Crippen LogP contribution in [0.5, 0.6) is 0 Å². The molecule has 0 aliphatic heterocycles. The van der Waals surface area contributed by atoms with Crippen LogP contribution in [0.3, 0.4) is 0 Å². The van der Waals surface area contributed by atoms with E-state index in [1.807, 2.05) is 0 Å². The number of rotatable bonds is 70. The largest absolute Gasteiger partial charge is 0.251 e. The first kappa shape index (κ1) is 85.9. The SMILES string of the molecule is CCCCCCCCCCCCCCCCCCCCCCCC=CCCc1ccccc1N=C(CCCC)C(CCCCCCCCCCCCCCC)=Nc1ccccc1CCC=CCCCCCCCCCCCCCCCCCCCCCCC.[Pd]. The molecule has 2 aromatic rings. The summed E-state index contributed by atoms with van der Waals surface area (Å²) in [5.74, 6) is 0. The second kappa shape index (κ2) is 71.2. The van der Waals surface area contributed by atoms with Crippen LogP contribution in [-0.2, 0) is 33.3 Å². The normalized spacial score (nSPS) is 12.2. The summed E-state index contributed by atoms with van der Waals surface area (Å²) < 4.78 is 0. The average molecular weight is 1330 g/mol. The van der Waals surface area contributed by atoms with Gasteiger partial charge in [-0.25, -0.2) is 0 Å². The molecule has 0 aromatic heterocycles. The van der Waals surface area contributed by atoms with E-state index < -0.39 is 0 Å². The summed E-state index contributed by atoms with van der Waals surface area (Å²) in [5.41, 5.74) is 7.53. The maximum absolute atomic E-state index is 5.66. The van der Waals surface area contributed by atoms with Crippen LogP contribution in [0.2, 0.25) is 0 Å². The smallest absolute Gasteiger partial charge is 0.0665 e. The molecule has 2 nitrogen and oxygen atoms in total. The predicted molar refractivity (Wildman–Crippen MR) is 406 cm³/mol. The van der Waals surface area contributed by atoms with Crippen molar-refractivity contribution in [1.82, 2.24) is 0 Å². The number of allylic oxidation sites excluding steroid dienone is 4. The van der Waals surface area contributed by atoms with Gasteiger partial charge in [0.05, 0.1) is 22.8 Å². The molecule has 0 radical (unpaired) electrons. The fourth-order valence-electron chi connectivity index (χ4n) is 13.5. The molecule has 0 saturated heterocycles. The number of nitrogens with zero attached hydrogens (tertiary/aromatic N) is 2. The van der Waals surface area contributed by atoms with E-state index in [-0.39, 0.29) is 20.4 Å². The monoisotopic (exact) mass is 1330 g/mol. The minimum atomic E-state index is 0. The van der Waals surface area contributed by atoms with Gasteiger partial charge in [0.25, 0.3) is 0 Å². The molecule has 522 valence electrons. The molecular formula is C87H154N2Pd. The van der Waals surface area contributed by atoms with Gasteiger partial charge < -0.3 is 0 Å². The van der Waals surface area contributed by atoms with Gasteiger partial charge in [-0.3, -0.25) is 9.98 Å². The van der Waals surface area contributed by atoms with Gasteiger partial charge in [-0.1, -0.05) is 429 Å². The molecule has 0 amide bonds. The van der Waals surface area contributed by atoms with Gasteiger partial charge in [-0.05, 0) is 100 Å². The van der Waals surface area contributed by atoms with Crippen LogP contribution < -0.4 is 0 Å². The second-order valence-corrected chi connectivity index (χ2v) is 28.2. The molecule has 0 unspecified atom stereocenters. The molecule has 0 atom stereocenters. The van der Waals surface area contributed by atoms with E-state index in [9.17, 15) is 0 Å². The Hall–Kier alpha value is -2.08. The van der Waals surface area contributed by atoms with E-state index in [0.717, 1.165) is 56.3 Å². The molecule has 2 aromatic carbocycles. The Morgan fingerprint density at radius 1 is 0.233 bits per heavy atom. The number of para-hydroxylation sites is 2. The molecular weight excluding hydrogens is 1180 g/mol. The van der Waals surface area contributed by atoms with E-state index in [4.69, 9.17) is 9.98 Å². The van der Waals surface area contributed by atoms with Crippen molar-refractivity contribution in [3.8, 4) is 0 Å². The van der Waals surface area contributed by atoms with Gasteiger partial charge in [0.15, 0.2) is 0 Å². The van der Waals surface area contributed by atoms with Crippen LogP contribution in [-0.4, -0.2) is 11.4 Å². The van der Waals surface area contributed by atoms with E-state index in [2.05, 4.69) is 101 Å². The number of hydrogen-bond donors (Lipinski definition) is 0. The quantitative estimate of drug-likeness (QED) is 0.0273. The third-order valence-corrected chi connectivity index (χ3v) is 19.6. The van der Waals surface area contributed by atoms with Crippen molar-refractivity contribution in [3.05, 3.63) is 84.0 Å². The molecule has 0 aliphatic rings. The summed E-state index contributed by atoms with van der Waals surface area (Å²) in [4.78, 5) is 11.3. The molecule has 3 heteroatoms. The average Bonchev–Trinajstić information content (AvgIpc) is 1.23. The number of aryl methyl sites for hydroxylation is 2. The number of aliphatic imine (C=N–C) groups is 2. The molecule has 0 N–H and O–H groups in total. The third-order valence-electron chi connectivity index (χ3n) is 19.6. The summed E-state index contributed by atoms with van der Waals surface area (Å²) in [6, 6.07) is 18.1. The summed E-state index contributed by atoms with van der Waals surface area (Å²) in [5, 5.41) is 0. The van der Waals surface area contributed by atoms with Crippen molar-refractivity contribution < 1.29 is 20.4 Å². The Morgan fingerprint density at radius 2 is 0.433 bits per heavy atom. The van der Waals surface area contributed by atoms with Gasteiger partial charge in [0, 0.05) is 20.4 Å². The number of hydrogen-bond acceptors (Lipinski definition) is 2. The summed E-state index contributed by atoms with van der Waals surface area (Å²) in [6.45, 7) is 9.28. The van der Waals surface area contributed by atoms with Crippen LogP contribution >= 0.6 is 0 Å². The Kier molecular flexibility index (Phi) is 68.0. The summed E-state index contributed by atoms with van der Waals surface area (Å²) >= 11 is 0. The van der Waals surface area contributed by atoms with E-state index in [1.54, 1.807) is 0 Å². The Balaban J connectivity index is 0.0000405. The van der Waals surface area contributed by atoms with Gasteiger partial charge in [-0.15, -0.1) is 0 Å². The number of benzene rings is 2. The minimum absolute atomic E-state index is 0. The first-order chi connectivity index (χ1) is 44.2. The number of unbranched alkanes of at least 4 members (excludes halogenated alkanes) is 55. The maximum atomic E-state index is 5.66. The van der Waals surface area contributed by atoms with Crippen molar-refractivity contribution in [1.29, 1.82) is 0 Å². The van der Waals surface area contributed by atoms with Crippen molar-refractivity contribution >= 4 is 22.8 Å². The van der Waals surface area contributed by atoms with Crippen molar-refractivity contribution in [3.63, 3.8) is 0 Å². The second-order valence-electron chi connectivity index (χ2n) is 28.2. The van der Waals surface area contributed by atoms with Gasteiger partial charge >= 0.3 is 0 Å². The zero-order valence-electron chi connectivity index (χ0n) is 61.1. The van der Waals surface area contributed by atoms with Gasteiger partial charge in [0.2, 0.25) is 0 Å². The predicted octanol–water partition coefficient (Wildman–Crippen LogP) is 31.4. The van der Waals surface area contributed by atoms with Crippen LogP contribution in [0.15, 0.2) is 82.8 Å². The van der Waals surface area contributed by atoms with Crippen LogP contribution in [0.1, 0.15) is 443 Å². The van der Waals surface area contributed by atoms with Crippen molar-refractivity contribution in [2.24, 2.45) is 9.98 Å². The summed E-state index contributed by atoms with van der Waals surface area (Å²) in [6.07, 6.45) is 99.3.